The molecule has 3 aromatic carbocycles. The average molecular weight is 533 g/mol. The van der Waals surface area contributed by atoms with Crippen LogP contribution in [0.5, 0.6) is 11.5 Å². The van der Waals surface area contributed by atoms with E-state index in [1.54, 1.807) is 42.5 Å². The van der Waals surface area contributed by atoms with E-state index in [4.69, 9.17) is 21.1 Å². The Kier molecular flexibility index (Phi) is 8.11. The number of hydrazone groups is 1. The molecule has 0 bridgehead atoms. The molecule has 0 radical (unpaired) electrons. The number of nitro groups is 1. The second-order valence-corrected chi connectivity index (χ2v) is 7.76. The number of hydrogen-bond donors (Lipinski definition) is 1. The lowest BCUT2D eigenvalue weighted by atomic mass is 10.2. The molecule has 0 atom stereocenters. The molecule has 33 heavy (non-hydrogen) atoms. The maximum Gasteiger partial charge on any atom is 0.343 e. The number of halogens is 2. The van der Waals surface area contributed by atoms with Gasteiger partial charge < -0.3 is 9.47 Å². The van der Waals surface area contributed by atoms with Gasteiger partial charge in [0.1, 0.15) is 11.5 Å². The van der Waals surface area contributed by atoms with Gasteiger partial charge in [0.15, 0.2) is 6.61 Å². The lowest BCUT2D eigenvalue weighted by Gasteiger charge is -2.08. The van der Waals surface area contributed by atoms with Gasteiger partial charge in [-0.2, -0.15) is 5.10 Å². The van der Waals surface area contributed by atoms with Crippen LogP contribution >= 0.6 is 27.5 Å². The number of ether oxygens (including phenoxy) is 2. The van der Waals surface area contributed by atoms with Crippen molar-refractivity contribution < 1.29 is 24.0 Å². The van der Waals surface area contributed by atoms with Crippen molar-refractivity contribution in [3.05, 3.63) is 97.5 Å². The molecule has 9 nitrogen and oxygen atoms in total. The van der Waals surface area contributed by atoms with E-state index in [0.717, 1.165) is 0 Å². The Labute approximate surface area is 201 Å². The van der Waals surface area contributed by atoms with Crippen LogP contribution in [-0.2, 0) is 4.79 Å². The molecular formula is C22H15BrClN3O6. The summed E-state index contributed by atoms with van der Waals surface area (Å²) in [6.07, 6.45) is 1.32. The maximum absolute atomic E-state index is 12.4. The number of esters is 1. The van der Waals surface area contributed by atoms with Crippen LogP contribution in [0.4, 0.5) is 5.69 Å². The number of hydrogen-bond acceptors (Lipinski definition) is 7. The summed E-state index contributed by atoms with van der Waals surface area (Å²) in [5.74, 6) is -0.607. The number of nitrogens with zero attached hydrogens (tertiary/aromatic N) is 2. The first-order chi connectivity index (χ1) is 15.8. The number of carbonyl (C=O) groups excluding carboxylic acids is 2. The smallest absolute Gasteiger partial charge is 0.343 e. The van der Waals surface area contributed by atoms with Crippen LogP contribution in [0.1, 0.15) is 15.9 Å². The first-order valence-electron chi connectivity index (χ1n) is 9.28. The first-order valence-corrected chi connectivity index (χ1v) is 10.5. The van der Waals surface area contributed by atoms with E-state index in [-0.39, 0.29) is 18.0 Å². The molecule has 0 saturated heterocycles. The molecule has 0 aliphatic heterocycles. The predicted molar refractivity (Wildman–Crippen MR) is 125 cm³/mol. The molecule has 3 aromatic rings. The van der Waals surface area contributed by atoms with Crippen molar-refractivity contribution in [3.8, 4) is 11.5 Å². The lowest BCUT2D eigenvalue weighted by molar-refractivity contribution is -0.384. The summed E-state index contributed by atoms with van der Waals surface area (Å²) in [7, 11) is 0. The van der Waals surface area contributed by atoms with Gasteiger partial charge in [-0.15, -0.1) is 0 Å². The van der Waals surface area contributed by atoms with Gasteiger partial charge >= 0.3 is 5.97 Å². The number of non-ortho nitro benzene ring substituents is 1. The van der Waals surface area contributed by atoms with Gasteiger partial charge in [0.05, 0.1) is 16.7 Å². The quantitative estimate of drug-likeness (QED) is 0.147. The fraction of sp³-hybridized carbons (Fsp3) is 0.0455. The van der Waals surface area contributed by atoms with Crippen LogP contribution < -0.4 is 14.9 Å². The van der Waals surface area contributed by atoms with E-state index in [1.165, 1.54) is 30.5 Å². The van der Waals surface area contributed by atoms with E-state index in [1.807, 2.05) is 0 Å². The molecular weight excluding hydrogens is 518 g/mol. The minimum Gasteiger partial charge on any atom is -0.484 e. The second-order valence-electron chi connectivity index (χ2n) is 6.41. The summed E-state index contributed by atoms with van der Waals surface area (Å²) in [4.78, 5) is 34.5. The average Bonchev–Trinajstić information content (AvgIpc) is 2.80. The Balaban J connectivity index is 1.59. The van der Waals surface area contributed by atoms with Crippen LogP contribution in [-0.4, -0.2) is 29.6 Å². The summed E-state index contributed by atoms with van der Waals surface area (Å²) in [6, 6.07) is 16.5. The first kappa shape index (κ1) is 23.9. The van der Waals surface area contributed by atoms with Crippen LogP contribution in [0.15, 0.2) is 76.3 Å². The molecule has 11 heteroatoms. The largest absolute Gasteiger partial charge is 0.484 e. The van der Waals surface area contributed by atoms with Crippen molar-refractivity contribution in [1.82, 2.24) is 5.43 Å². The molecule has 1 amide bonds. The van der Waals surface area contributed by atoms with Gasteiger partial charge in [-0.3, -0.25) is 14.9 Å². The number of benzene rings is 3. The summed E-state index contributed by atoms with van der Waals surface area (Å²) in [6.45, 7) is -0.355. The third-order valence-corrected chi connectivity index (χ3v) is 4.81. The van der Waals surface area contributed by atoms with Crippen molar-refractivity contribution in [2.75, 3.05) is 6.61 Å². The Morgan fingerprint density at radius 1 is 1.09 bits per heavy atom. The Bertz CT molecular complexity index is 1200. The summed E-state index contributed by atoms with van der Waals surface area (Å²) < 4.78 is 11.4. The van der Waals surface area contributed by atoms with Gasteiger partial charge in [-0.05, 0) is 54.6 Å². The molecule has 0 unspecified atom stereocenters. The zero-order valence-electron chi connectivity index (χ0n) is 16.7. The van der Waals surface area contributed by atoms with E-state index in [0.29, 0.717) is 26.4 Å². The standard InChI is InChI=1S/C22H15BrClN3O6/c23-16-3-10-20(33-22(29)14-1-4-17(24)5-2-14)15(11-16)12-25-26-21(28)13-32-19-8-6-18(7-9-19)27(30)31/h1-12H,13H2,(H,26,28)/b25-12+. The van der Waals surface area contributed by atoms with Crippen LogP contribution in [0.2, 0.25) is 5.02 Å². The fourth-order valence-electron chi connectivity index (χ4n) is 2.48. The maximum atomic E-state index is 12.4. The Morgan fingerprint density at radius 3 is 2.45 bits per heavy atom. The Hall–Kier alpha value is -3.76. The zero-order valence-corrected chi connectivity index (χ0v) is 19.1. The molecule has 0 saturated carbocycles. The Morgan fingerprint density at radius 2 is 1.79 bits per heavy atom. The summed E-state index contributed by atoms with van der Waals surface area (Å²) >= 11 is 9.17. The van der Waals surface area contributed by atoms with Crippen molar-refractivity contribution in [2.45, 2.75) is 0 Å². The fourth-order valence-corrected chi connectivity index (χ4v) is 2.98. The predicted octanol–water partition coefficient (Wildman–Crippen LogP) is 4.76. The van der Waals surface area contributed by atoms with Crippen molar-refractivity contribution in [2.24, 2.45) is 5.10 Å². The van der Waals surface area contributed by atoms with Crippen molar-refractivity contribution in [1.29, 1.82) is 0 Å². The summed E-state index contributed by atoms with van der Waals surface area (Å²) in [5, 5.41) is 15.0. The topological polar surface area (TPSA) is 120 Å². The van der Waals surface area contributed by atoms with Crippen LogP contribution in [0.25, 0.3) is 0 Å². The van der Waals surface area contributed by atoms with Gasteiger partial charge in [0.25, 0.3) is 11.6 Å². The zero-order chi connectivity index (χ0) is 23.8. The number of carbonyl (C=O) groups is 2. The van der Waals surface area contributed by atoms with Crippen LogP contribution in [0, 0.1) is 10.1 Å². The van der Waals surface area contributed by atoms with E-state index in [2.05, 4.69) is 26.5 Å². The number of amides is 1. The third-order valence-electron chi connectivity index (χ3n) is 4.06. The highest BCUT2D eigenvalue weighted by molar-refractivity contribution is 9.10. The van der Waals surface area contributed by atoms with Crippen molar-refractivity contribution in [3.63, 3.8) is 0 Å². The third kappa shape index (κ3) is 7.13. The van der Waals surface area contributed by atoms with E-state index < -0.39 is 16.8 Å². The number of nitro benzene ring substituents is 1. The molecule has 0 spiro atoms. The second kappa shape index (κ2) is 11.2. The molecule has 3 rings (SSSR count). The SMILES string of the molecule is O=C(COc1ccc([N+](=O)[O-])cc1)N/N=C/c1cc(Br)ccc1OC(=O)c1ccc(Cl)cc1. The number of rotatable bonds is 8. The normalized spacial score (nSPS) is 10.6. The molecule has 0 aromatic heterocycles. The molecule has 1 N–H and O–H groups in total. The van der Waals surface area contributed by atoms with Crippen molar-refractivity contribution >= 4 is 51.3 Å². The highest BCUT2D eigenvalue weighted by Crippen LogP contribution is 2.23. The highest BCUT2D eigenvalue weighted by Gasteiger charge is 2.12. The minimum atomic E-state index is -0.579. The highest BCUT2D eigenvalue weighted by atomic mass is 79.9. The number of nitrogens with one attached hydrogen (secondary N) is 1. The van der Waals surface area contributed by atoms with Crippen LogP contribution in [0.3, 0.4) is 0 Å². The molecule has 168 valence electrons. The summed E-state index contributed by atoms with van der Waals surface area (Å²) in [5.41, 5.74) is 2.97. The molecule has 0 fully saturated rings. The van der Waals surface area contributed by atoms with E-state index in [9.17, 15) is 19.7 Å². The molecule has 0 aliphatic carbocycles. The minimum absolute atomic E-state index is 0.0852. The molecule has 0 heterocycles. The van der Waals surface area contributed by atoms with Gasteiger partial charge in [-0.1, -0.05) is 27.5 Å². The van der Waals surface area contributed by atoms with Gasteiger partial charge in [0, 0.05) is 27.2 Å². The van der Waals surface area contributed by atoms with Gasteiger partial charge in [0.2, 0.25) is 0 Å². The van der Waals surface area contributed by atoms with E-state index >= 15 is 0 Å². The molecule has 0 aliphatic rings. The van der Waals surface area contributed by atoms with Gasteiger partial charge in [-0.25, -0.2) is 10.2 Å². The monoisotopic (exact) mass is 531 g/mol. The lowest BCUT2D eigenvalue weighted by Crippen LogP contribution is -2.24.